The Labute approximate surface area is 134 Å². The highest BCUT2D eigenvalue weighted by Crippen LogP contribution is 2.24. The number of pyridine rings is 1. The molecule has 2 aromatic heterocycles. The zero-order valence-electron chi connectivity index (χ0n) is 10.8. The number of amides is 1. The fraction of sp³-hybridized carbons (Fsp3) is 0.231. The van der Waals surface area contributed by atoms with E-state index < -0.39 is 0 Å². The topological polar surface area (TPSA) is 59.2 Å². The summed E-state index contributed by atoms with van der Waals surface area (Å²) >= 11 is 11.0. The van der Waals surface area contributed by atoms with Gasteiger partial charge in [0.05, 0.1) is 27.8 Å². The van der Waals surface area contributed by atoms with Gasteiger partial charge in [-0.1, -0.05) is 11.6 Å². The van der Waals surface area contributed by atoms with Crippen LogP contribution in [-0.2, 0) is 6.54 Å². The molecule has 0 atom stereocenters. The molecule has 0 unspecified atom stereocenters. The van der Waals surface area contributed by atoms with E-state index in [1.807, 2.05) is 19.1 Å². The van der Waals surface area contributed by atoms with Crippen LogP contribution in [0.2, 0.25) is 5.15 Å². The molecule has 0 spiro atoms. The minimum atomic E-state index is -0.165. The van der Waals surface area contributed by atoms with Gasteiger partial charge in [0.15, 0.2) is 0 Å². The van der Waals surface area contributed by atoms with Gasteiger partial charge in [-0.15, -0.1) is 11.3 Å². The van der Waals surface area contributed by atoms with Crippen LogP contribution in [0.25, 0.3) is 0 Å². The highest BCUT2D eigenvalue weighted by Gasteiger charge is 2.19. The predicted molar refractivity (Wildman–Crippen MR) is 86.1 cm³/mol. The van der Waals surface area contributed by atoms with Crippen molar-refractivity contribution >= 4 is 50.5 Å². The van der Waals surface area contributed by atoms with Crippen molar-refractivity contribution in [2.45, 2.75) is 13.5 Å². The molecule has 0 fully saturated rings. The molecular weight excluding hydrogens is 362 g/mol. The Morgan fingerprint density at radius 3 is 2.90 bits per heavy atom. The van der Waals surface area contributed by atoms with Crippen LogP contribution in [0.3, 0.4) is 0 Å². The molecule has 0 saturated carbocycles. The molecule has 2 rings (SSSR count). The number of rotatable bonds is 4. The third kappa shape index (κ3) is 3.50. The molecule has 0 aromatic carbocycles. The number of hydrogen-bond donors (Lipinski definition) is 1. The Hall–Kier alpha value is -1.11. The fourth-order valence-electron chi connectivity index (χ4n) is 1.74. The molecule has 20 heavy (non-hydrogen) atoms. The lowest BCUT2D eigenvalue weighted by Crippen LogP contribution is -2.30. The fourth-order valence-corrected chi connectivity index (χ4v) is 3.42. The largest absolute Gasteiger partial charge is 0.397 e. The molecule has 0 aliphatic carbocycles. The normalized spacial score (nSPS) is 10.6. The highest BCUT2D eigenvalue weighted by molar-refractivity contribution is 9.11. The highest BCUT2D eigenvalue weighted by atomic mass is 79.9. The van der Waals surface area contributed by atoms with E-state index in [0.29, 0.717) is 24.3 Å². The van der Waals surface area contributed by atoms with Crippen molar-refractivity contribution in [3.05, 3.63) is 43.8 Å². The van der Waals surface area contributed by atoms with Gasteiger partial charge in [-0.2, -0.15) is 0 Å². The van der Waals surface area contributed by atoms with Crippen LogP contribution in [0.5, 0.6) is 0 Å². The smallest absolute Gasteiger partial charge is 0.257 e. The third-order valence-corrected chi connectivity index (χ3v) is 4.64. The Bertz CT molecular complexity index is 632. The van der Waals surface area contributed by atoms with Crippen molar-refractivity contribution in [2.75, 3.05) is 12.3 Å². The average molecular weight is 375 g/mol. The third-order valence-electron chi connectivity index (χ3n) is 2.74. The van der Waals surface area contributed by atoms with Gasteiger partial charge >= 0.3 is 0 Å². The van der Waals surface area contributed by atoms with Crippen LogP contribution >= 0.6 is 38.9 Å². The number of halogens is 2. The summed E-state index contributed by atoms with van der Waals surface area (Å²) in [4.78, 5) is 19.2. The molecule has 0 aliphatic heterocycles. The van der Waals surface area contributed by atoms with Gasteiger partial charge in [0.2, 0.25) is 0 Å². The van der Waals surface area contributed by atoms with E-state index in [0.717, 1.165) is 8.66 Å². The number of aromatic nitrogens is 1. The van der Waals surface area contributed by atoms with Crippen LogP contribution in [0.1, 0.15) is 22.2 Å². The molecule has 2 heterocycles. The number of nitrogens with two attached hydrogens (primary N) is 1. The number of carbonyl (C=O) groups excluding carboxylic acids is 1. The van der Waals surface area contributed by atoms with E-state index in [9.17, 15) is 4.79 Å². The minimum absolute atomic E-state index is 0.165. The molecule has 0 aliphatic rings. The van der Waals surface area contributed by atoms with E-state index in [1.54, 1.807) is 22.3 Å². The summed E-state index contributed by atoms with van der Waals surface area (Å²) in [5.74, 6) is -0.165. The summed E-state index contributed by atoms with van der Waals surface area (Å²) in [6.07, 6.45) is 1.44. The van der Waals surface area contributed by atoms with Gasteiger partial charge < -0.3 is 10.6 Å². The van der Waals surface area contributed by atoms with E-state index in [4.69, 9.17) is 17.3 Å². The zero-order chi connectivity index (χ0) is 14.7. The van der Waals surface area contributed by atoms with E-state index >= 15 is 0 Å². The monoisotopic (exact) mass is 373 g/mol. The number of nitrogens with zero attached hydrogens (tertiary/aromatic N) is 2. The molecule has 4 nitrogen and oxygen atoms in total. The Morgan fingerprint density at radius 1 is 1.55 bits per heavy atom. The van der Waals surface area contributed by atoms with Crippen LogP contribution in [0.15, 0.2) is 28.2 Å². The molecule has 2 aromatic rings. The first-order valence-corrected chi connectivity index (χ1v) is 7.94. The summed E-state index contributed by atoms with van der Waals surface area (Å²) in [6.45, 7) is 3.05. The number of nitrogen functional groups attached to an aromatic ring is 1. The lowest BCUT2D eigenvalue weighted by molar-refractivity contribution is 0.0754. The number of hydrogen-bond acceptors (Lipinski definition) is 4. The van der Waals surface area contributed by atoms with Gasteiger partial charge in [-0.3, -0.25) is 4.79 Å². The molecular formula is C13H13BrClN3OS. The van der Waals surface area contributed by atoms with Crippen molar-refractivity contribution in [3.8, 4) is 0 Å². The van der Waals surface area contributed by atoms with Crippen LogP contribution in [0, 0.1) is 0 Å². The predicted octanol–water partition coefficient (Wildman–Crippen LogP) is 3.80. The van der Waals surface area contributed by atoms with Crippen LogP contribution in [-0.4, -0.2) is 22.3 Å². The van der Waals surface area contributed by atoms with Crippen molar-refractivity contribution in [3.63, 3.8) is 0 Å². The van der Waals surface area contributed by atoms with Crippen molar-refractivity contribution in [1.29, 1.82) is 0 Å². The second-order valence-corrected chi connectivity index (χ2v) is 7.04. The second-order valence-electron chi connectivity index (χ2n) is 4.13. The van der Waals surface area contributed by atoms with Crippen molar-refractivity contribution in [1.82, 2.24) is 9.88 Å². The molecule has 0 bridgehead atoms. The maximum absolute atomic E-state index is 12.5. The van der Waals surface area contributed by atoms with Crippen LogP contribution < -0.4 is 5.73 Å². The number of thiophene rings is 1. The minimum Gasteiger partial charge on any atom is -0.397 e. The lowest BCUT2D eigenvalue weighted by atomic mass is 10.2. The first-order chi connectivity index (χ1) is 9.51. The van der Waals surface area contributed by atoms with Gasteiger partial charge in [0, 0.05) is 11.4 Å². The van der Waals surface area contributed by atoms with Gasteiger partial charge in [-0.05, 0) is 41.1 Å². The van der Waals surface area contributed by atoms with Gasteiger partial charge in [0.1, 0.15) is 5.15 Å². The summed E-state index contributed by atoms with van der Waals surface area (Å²) < 4.78 is 1.04. The van der Waals surface area contributed by atoms with Crippen LogP contribution in [0.4, 0.5) is 5.69 Å². The maximum atomic E-state index is 12.5. The lowest BCUT2D eigenvalue weighted by Gasteiger charge is -2.20. The summed E-state index contributed by atoms with van der Waals surface area (Å²) in [7, 11) is 0. The number of carbonyl (C=O) groups is 1. The second kappa shape index (κ2) is 6.56. The van der Waals surface area contributed by atoms with Crippen molar-refractivity contribution < 1.29 is 4.79 Å². The first kappa shape index (κ1) is 15.3. The SMILES string of the molecule is CCN(Cc1ccc(Br)s1)C(=O)c1cc(N)cnc1Cl. The van der Waals surface area contributed by atoms with E-state index in [-0.39, 0.29) is 11.1 Å². The summed E-state index contributed by atoms with van der Waals surface area (Å²) in [5, 5.41) is 0.176. The zero-order valence-corrected chi connectivity index (χ0v) is 13.9. The van der Waals surface area contributed by atoms with Crippen molar-refractivity contribution in [2.24, 2.45) is 0 Å². The first-order valence-electron chi connectivity index (χ1n) is 5.95. The van der Waals surface area contributed by atoms with Gasteiger partial charge in [-0.25, -0.2) is 4.98 Å². The van der Waals surface area contributed by atoms with E-state index in [2.05, 4.69) is 20.9 Å². The Kier molecular flexibility index (Phi) is 5.01. The molecule has 1 amide bonds. The molecule has 2 N–H and O–H groups in total. The quantitative estimate of drug-likeness (QED) is 0.828. The Morgan fingerprint density at radius 2 is 2.30 bits per heavy atom. The average Bonchev–Trinajstić information content (AvgIpc) is 2.83. The standard InChI is InChI=1S/C13H13BrClN3OS/c1-2-18(7-9-3-4-11(14)20-9)13(19)10-5-8(16)6-17-12(10)15/h3-6H,2,7,16H2,1H3. The van der Waals surface area contributed by atoms with E-state index in [1.165, 1.54) is 6.20 Å². The molecule has 0 radical (unpaired) electrons. The molecule has 7 heteroatoms. The molecule has 0 saturated heterocycles. The number of anilines is 1. The summed E-state index contributed by atoms with van der Waals surface area (Å²) in [5.41, 5.74) is 6.43. The van der Waals surface area contributed by atoms with Gasteiger partial charge in [0.25, 0.3) is 5.91 Å². The maximum Gasteiger partial charge on any atom is 0.257 e. The Balaban J connectivity index is 2.22. The molecule has 106 valence electrons. The summed E-state index contributed by atoms with van der Waals surface area (Å²) in [6, 6.07) is 5.52.